The Morgan fingerprint density at radius 2 is 1.57 bits per heavy atom. The fourth-order valence-corrected chi connectivity index (χ4v) is 1.68. The highest BCUT2D eigenvalue weighted by Crippen LogP contribution is 2.23. The average molecular weight is 296 g/mol. The van der Waals surface area contributed by atoms with E-state index in [1.807, 2.05) is 24.5 Å². The lowest BCUT2D eigenvalue weighted by Crippen LogP contribution is -2.02. The normalized spacial score (nSPS) is 11.1. The Bertz CT molecular complexity index is 640. The fourth-order valence-electron chi connectivity index (χ4n) is 1.68. The Labute approximate surface area is 119 Å². The zero-order chi connectivity index (χ0) is 15.4. The van der Waals surface area contributed by atoms with Crippen molar-refractivity contribution in [1.82, 2.24) is 0 Å². The number of hydrogen-bond acceptors (Lipinski definition) is 2. The van der Waals surface area contributed by atoms with Gasteiger partial charge in [-0.3, -0.25) is 5.43 Å². The molecule has 0 fully saturated rings. The summed E-state index contributed by atoms with van der Waals surface area (Å²) in [5.74, 6) is -6.02. The van der Waals surface area contributed by atoms with Crippen molar-refractivity contribution in [2.24, 2.45) is 5.10 Å². The summed E-state index contributed by atoms with van der Waals surface area (Å²) in [5.41, 5.74) is 2.82. The summed E-state index contributed by atoms with van der Waals surface area (Å²) in [7, 11) is 0. The second-order valence-electron chi connectivity index (χ2n) is 4.31. The third kappa shape index (κ3) is 3.39. The highest BCUT2D eigenvalue weighted by atomic mass is 19.2. The molecular formula is C15H12F4N2. The predicted octanol–water partition coefficient (Wildman–Crippen LogP) is 4.25. The van der Waals surface area contributed by atoms with Crippen molar-refractivity contribution in [3.05, 3.63) is 64.7 Å². The Hall–Kier alpha value is -2.37. The summed E-state index contributed by atoms with van der Waals surface area (Å²) < 4.78 is 52.7. The molecule has 6 heteroatoms. The van der Waals surface area contributed by atoms with Crippen LogP contribution in [0.15, 0.2) is 35.4 Å². The molecule has 1 N–H and O–H groups in total. The molecule has 0 atom stereocenters. The van der Waals surface area contributed by atoms with Gasteiger partial charge in [0, 0.05) is 6.07 Å². The van der Waals surface area contributed by atoms with Crippen molar-refractivity contribution in [3.63, 3.8) is 0 Å². The SMILES string of the molecule is CCc1ccc(/C=N/Nc2c(F)c(F)cc(F)c2F)cc1. The maximum atomic E-state index is 13.3. The van der Waals surface area contributed by atoms with E-state index in [2.05, 4.69) is 5.10 Å². The number of nitrogens with one attached hydrogen (secondary N) is 1. The van der Waals surface area contributed by atoms with Crippen LogP contribution in [0.4, 0.5) is 23.2 Å². The summed E-state index contributed by atoms with van der Waals surface area (Å²) >= 11 is 0. The van der Waals surface area contributed by atoms with E-state index in [9.17, 15) is 17.6 Å². The molecule has 21 heavy (non-hydrogen) atoms. The number of benzene rings is 2. The number of hydrazone groups is 1. The molecule has 0 aromatic heterocycles. The molecule has 0 saturated carbocycles. The van der Waals surface area contributed by atoms with Crippen LogP contribution in [0.1, 0.15) is 18.1 Å². The van der Waals surface area contributed by atoms with Crippen molar-refractivity contribution in [3.8, 4) is 0 Å². The first kappa shape index (κ1) is 15.0. The molecule has 2 aromatic carbocycles. The summed E-state index contributed by atoms with van der Waals surface area (Å²) in [6.45, 7) is 2.01. The van der Waals surface area contributed by atoms with Crippen LogP contribution in [0.3, 0.4) is 0 Å². The molecule has 0 aliphatic heterocycles. The predicted molar refractivity (Wildman–Crippen MR) is 73.3 cm³/mol. The van der Waals surface area contributed by atoms with Crippen molar-refractivity contribution < 1.29 is 17.6 Å². The highest BCUT2D eigenvalue weighted by Gasteiger charge is 2.18. The summed E-state index contributed by atoms with van der Waals surface area (Å²) in [6.07, 6.45) is 2.18. The van der Waals surface area contributed by atoms with Crippen LogP contribution < -0.4 is 5.43 Å². The lowest BCUT2D eigenvalue weighted by molar-refractivity contribution is 0.458. The second kappa shape index (κ2) is 6.39. The number of halogens is 4. The van der Waals surface area contributed by atoms with Crippen LogP contribution in [0.25, 0.3) is 0 Å². The first-order valence-corrected chi connectivity index (χ1v) is 6.24. The van der Waals surface area contributed by atoms with Gasteiger partial charge in [0.15, 0.2) is 23.3 Å². The van der Waals surface area contributed by atoms with E-state index in [-0.39, 0.29) is 6.07 Å². The molecule has 2 nitrogen and oxygen atoms in total. The quantitative estimate of drug-likeness (QED) is 0.388. The van der Waals surface area contributed by atoms with Crippen LogP contribution in [0, 0.1) is 23.3 Å². The minimum absolute atomic E-state index is 0.142. The van der Waals surface area contributed by atoms with E-state index in [0.717, 1.165) is 12.0 Å². The van der Waals surface area contributed by atoms with E-state index in [4.69, 9.17) is 0 Å². The number of aryl methyl sites for hydroxylation is 1. The van der Waals surface area contributed by atoms with Crippen molar-refractivity contribution >= 4 is 11.9 Å². The maximum Gasteiger partial charge on any atom is 0.186 e. The molecule has 0 heterocycles. The van der Waals surface area contributed by atoms with Crippen molar-refractivity contribution in [2.45, 2.75) is 13.3 Å². The van der Waals surface area contributed by atoms with Gasteiger partial charge in [-0.1, -0.05) is 31.2 Å². The summed E-state index contributed by atoms with van der Waals surface area (Å²) in [5, 5.41) is 3.58. The van der Waals surface area contributed by atoms with Crippen LogP contribution in [-0.2, 0) is 6.42 Å². The first-order chi connectivity index (χ1) is 10.0. The highest BCUT2D eigenvalue weighted by molar-refractivity contribution is 5.80. The second-order valence-corrected chi connectivity index (χ2v) is 4.31. The van der Waals surface area contributed by atoms with Gasteiger partial charge < -0.3 is 0 Å². The van der Waals surface area contributed by atoms with Crippen LogP contribution in [-0.4, -0.2) is 6.21 Å². The smallest absolute Gasteiger partial charge is 0.186 e. The standard InChI is InChI=1S/C15H12F4N2/c1-2-9-3-5-10(6-4-9)8-20-21-15-13(18)11(16)7-12(17)14(15)19/h3-8,21H,2H2,1H3/b20-8+. The first-order valence-electron chi connectivity index (χ1n) is 6.24. The van der Waals surface area contributed by atoms with E-state index in [1.54, 1.807) is 12.1 Å². The fraction of sp³-hybridized carbons (Fsp3) is 0.133. The van der Waals surface area contributed by atoms with Gasteiger partial charge in [-0.25, -0.2) is 17.6 Å². The number of anilines is 1. The van der Waals surface area contributed by atoms with E-state index >= 15 is 0 Å². The minimum Gasteiger partial charge on any atom is -0.272 e. The molecule has 110 valence electrons. The Morgan fingerprint density at radius 3 is 2.10 bits per heavy atom. The molecule has 0 bridgehead atoms. The molecule has 0 aliphatic rings. The topological polar surface area (TPSA) is 24.4 Å². The van der Waals surface area contributed by atoms with Gasteiger partial charge in [-0.05, 0) is 17.5 Å². The summed E-state index contributed by atoms with van der Waals surface area (Å²) in [4.78, 5) is 0. The van der Waals surface area contributed by atoms with Gasteiger partial charge in [0.25, 0.3) is 0 Å². The maximum absolute atomic E-state index is 13.3. The lowest BCUT2D eigenvalue weighted by Gasteiger charge is -2.05. The van der Waals surface area contributed by atoms with E-state index < -0.39 is 29.0 Å². The third-order valence-corrected chi connectivity index (χ3v) is 2.89. The van der Waals surface area contributed by atoms with Gasteiger partial charge in [-0.2, -0.15) is 5.10 Å². The van der Waals surface area contributed by atoms with Crippen molar-refractivity contribution in [2.75, 3.05) is 5.43 Å². The van der Waals surface area contributed by atoms with Gasteiger partial charge in [-0.15, -0.1) is 0 Å². The molecule has 0 radical (unpaired) electrons. The van der Waals surface area contributed by atoms with Crippen LogP contribution >= 0.6 is 0 Å². The van der Waals surface area contributed by atoms with Crippen LogP contribution in [0.5, 0.6) is 0 Å². The Morgan fingerprint density at radius 1 is 1.00 bits per heavy atom. The molecule has 0 aliphatic carbocycles. The molecule has 2 aromatic rings. The van der Waals surface area contributed by atoms with Gasteiger partial charge in [0.1, 0.15) is 5.69 Å². The zero-order valence-electron chi connectivity index (χ0n) is 11.1. The Balaban J connectivity index is 2.17. The number of nitrogens with zero attached hydrogens (tertiary/aromatic N) is 1. The molecule has 0 amide bonds. The molecule has 0 saturated heterocycles. The van der Waals surface area contributed by atoms with Crippen molar-refractivity contribution in [1.29, 1.82) is 0 Å². The molecule has 2 rings (SSSR count). The lowest BCUT2D eigenvalue weighted by atomic mass is 10.1. The van der Waals surface area contributed by atoms with E-state index in [0.29, 0.717) is 5.56 Å². The van der Waals surface area contributed by atoms with Crippen LogP contribution in [0.2, 0.25) is 0 Å². The largest absolute Gasteiger partial charge is 0.272 e. The van der Waals surface area contributed by atoms with Gasteiger partial charge >= 0.3 is 0 Å². The molecule has 0 unspecified atom stereocenters. The van der Waals surface area contributed by atoms with Gasteiger partial charge in [0.05, 0.1) is 6.21 Å². The minimum atomic E-state index is -1.52. The number of rotatable bonds is 4. The zero-order valence-corrected chi connectivity index (χ0v) is 11.1. The molecular weight excluding hydrogens is 284 g/mol. The monoisotopic (exact) mass is 296 g/mol. The third-order valence-electron chi connectivity index (χ3n) is 2.89. The molecule has 0 spiro atoms. The van der Waals surface area contributed by atoms with Gasteiger partial charge in [0.2, 0.25) is 0 Å². The summed E-state index contributed by atoms with van der Waals surface area (Å²) in [6, 6.07) is 7.43. The number of hydrogen-bond donors (Lipinski definition) is 1. The van der Waals surface area contributed by atoms with E-state index in [1.165, 1.54) is 6.21 Å². The Kier molecular flexibility index (Phi) is 4.57. The average Bonchev–Trinajstić information content (AvgIpc) is 2.49.